The van der Waals surface area contributed by atoms with Crippen LogP contribution in [0.25, 0.3) is 11.1 Å². The Morgan fingerprint density at radius 2 is 1.77 bits per heavy atom. The van der Waals surface area contributed by atoms with Crippen molar-refractivity contribution in [2.24, 2.45) is 0 Å². The van der Waals surface area contributed by atoms with Crippen molar-refractivity contribution in [1.29, 1.82) is 0 Å². The zero-order chi connectivity index (χ0) is 28.7. The summed E-state index contributed by atoms with van der Waals surface area (Å²) in [4.78, 5) is 73.8. The minimum absolute atomic E-state index is 0.147. The molecule has 11 nitrogen and oxygen atoms in total. The summed E-state index contributed by atoms with van der Waals surface area (Å²) < 4.78 is 0. The number of carboxylic acid groups (broad SMARTS) is 1. The second-order valence-electron chi connectivity index (χ2n) is 9.15. The summed E-state index contributed by atoms with van der Waals surface area (Å²) in [5, 5.41) is 12.4. The molecule has 1 aromatic rings. The number of nitrogens with one attached hydrogen (secondary N) is 2. The molecule has 0 saturated carbocycles. The molecule has 0 bridgehead atoms. The fourth-order valence-corrected chi connectivity index (χ4v) is 4.36. The van der Waals surface area contributed by atoms with Crippen LogP contribution in [0, 0.1) is 0 Å². The van der Waals surface area contributed by atoms with Gasteiger partial charge in [-0.3, -0.25) is 29.4 Å². The van der Waals surface area contributed by atoms with Gasteiger partial charge in [-0.25, -0.2) is 5.01 Å². The number of hydrogen-bond acceptors (Lipinski definition) is 6. The Bertz CT molecular complexity index is 1250. The number of benzene rings is 2. The number of hydrazine groups is 1. The second kappa shape index (κ2) is 13.0. The number of halogens is 1. The predicted octanol–water partition coefficient (Wildman–Crippen LogP) is 2.04. The van der Waals surface area contributed by atoms with Crippen LogP contribution in [-0.2, 0) is 24.0 Å². The number of nitrogens with zero attached hydrogens (tertiary/aromatic N) is 2. The number of fused-ring (bicyclic) bond motifs is 1. The van der Waals surface area contributed by atoms with Gasteiger partial charge in [0.15, 0.2) is 0 Å². The maximum absolute atomic E-state index is 13.2. The minimum Gasteiger partial charge on any atom is -0.481 e. The predicted molar refractivity (Wildman–Crippen MR) is 141 cm³/mol. The van der Waals surface area contributed by atoms with E-state index in [2.05, 4.69) is 35.0 Å². The van der Waals surface area contributed by atoms with Crippen LogP contribution in [0.5, 0.6) is 0 Å². The topological polar surface area (TPSA) is 153 Å². The highest BCUT2D eigenvalue weighted by Crippen LogP contribution is 2.29. The van der Waals surface area contributed by atoms with Gasteiger partial charge in [0.25, 0.3) is 5.91 Å². The van der Waals surface area contributed by atoms with E-state index in [4.69, 9.17) is 16.7 Å². The van der Waals surface area contributed by atoms with Gasteiger partial charge < -0.3 is 20.1 Å². The van der Waals surface area contributed by atoms with Gasteiger partial charge >= 0.3 is 5.97 Å². The average Bonchev–Trinajstić information content (AvgIpc) is 3.38. The SMILES string of the molecule is CC(=O)NN(C(=O)c1cccc(Cl)c1)C(C)C(=O)N1CCCC1C(=O)NC(C=O)CC(=O)O.c1cc2ccc1-2. The summed E-state index contributed by atoms with van der Waals surface area (Å²) in [7, 11) is 0. The standard InChI is InChI=1S/C21H25ClN4O7.C6H4/c1-12(26(24-13(2)28)21(33)14-5-3-6-15(22)9-14)20(32)25-8-4-7-17(25)19(31)23-16(11-27)10-18(29)30;1-2-6-4-3-5(1)6/h3,5-6,9,11-12,16-17H,4,7-8,10H2,1-2H3,(H,23,31)(H,24,28)(H,29,30);1-4H. The summed E-state index contributed by atoms with van der Waals surface area (Å²) in [6.07, 6.45) is 0.517. The van der Waals surface area contributed by atoms with E-state index in [0.29, 0.717) is 24.2 Å². The molecule has 1 aromatic carbocycles. The number of likely N-dealkylation sites (tertiary alicyclic amines) is 1. The second-order valence-corrected chi connectivity index (χ2v) is 9.58. The Balaban J connectivity index is 0.000000603. The van der Waals surface area contributed by atoms with Crippen LogP contribution >= 0.6 is 11.6 Å². The minimum atomic E-state index is -1.26. The molecular formula is C27H29ClN4O7. The molecule has 4 amide bonds. The van der Waals surface area contributed by atoms with Crippen LogP contribution in [0.3, 0.4) is 0 Å². The third-order valence-electron chi connectivity index (χ3n) is 6.26. The molecule has 0 radical (unpaired) electrons. The summed E-state index contributed by atoms with van der Waals surface area (Å²) in [6.45, 7) is 2.81. The number of carbonyl (C=O) groups excluding carboxylic acids is 5. The average molecular weight is 557 g/mol. The lowest BCUT2D eigenvalue weighted by molar-refractivity contribution is -0.144. The Kier molecular flexibility index (Phi) is 9.78. The molecule has 3 unspecified atom stereocenters. The first kappa shape index (κ1) is 29.3. The highest BCUT2D eigenvalue weighted by molar-refractivity contribution is 6.31. The van der Waals surface area contributed by atoms with Crippen molar-refractivity contribution in [3.05, 3.63) is 59.1 Å². The first-order chi connectivity index (χ1) is 18.5. The van der Waals surface area contributed by atoms with Crippen LogP contribution < -0.4 is 10.7 Å². The maximum atomic E-state index is 13.2. The first-order valence-corrected chi connectivity index (χ1v) is 12.6. The lowest BCUT2D eigenvalue weighted by Gasteiger charge is -2.33. The van der Waals surface area contributed by atoms with Gasteiger partial charge in [0.2, 0.25) is 17.7 Å². The third kappa shape index (κ3) is 7.41. The molecule has 0 spiro atoms. The van der Waals surface area contributed by atoms with Crippen LogP contribution in [-0.4, -0.2) is 75.6 Å². The van der Waals surface area contributed by atoms with E-state index in [0.717, 1.165) is 5.01 Å². The molecule has 1 fully saturated rings. The molecule has 4 rings (SSSR count). The fraction of sp³-hybridized carbons (Fsp3) is 0.333. The number of carbonyl (C=O) groups is 6. The molecule has 1 heterocycles. The molecular weight excluding hydrogens is 528 g/mol. The molecule has 3 N–H and O–H groups in total. The van der Waals surface area contributed by atoms with E-state index >= 15 is 0 Å². The Morgan fingerprint density at radius 1 is 1.13 bits per heavy atom. The smallest absolute Gasteiger partial charge is 0.305 e. The first-order valence-electron chi connectivity index (χ1n) is 12.3. The van der Waals surface area contributed by atoms with E-state index in [-0.39, 0.29) is 12.1 Å². The van der Waals surface area contributed by atoms with Gasteiger partial charge in [-0.2, -0.15) is 0 Å². The van der Waals surface area contributed by atoms with Crippen molar-refractivity contribution < 1.29 is 33.9 Å². The summed E-state index contributed by atoms with van der Waals surface area (Å²) in [5.74, 6) is -3.78. The van der Waals surface area contributed by atoms with Crippen LogP contribution in [0.2, 0.25) is 5.02 Å². The van der Waals surface area contributed by atoms with Gasteiger partial charge in [-0.15, -0.1) is 0 Å². The van der Waals surface area contributed by atoms with Crippen LogP contribution in [0.1, 0.15) is 43.5 Å². The van der Waals surface area contributed by atoms with E-state index in [1.54, 1.807) is 12.1 Å². The number of rotatable bonds is 8. The van der Waals surface area contributed by atoms with E-state index in [1.165, 1.54) is 42.0 Å². The number of amides is 4. The molecule has 3 aliphatic rings. The maximum Gasteiger partial charge on any atom is 0.305 e. The van der Waals surface area contributed by atoms with Crippen molar-refractivity contribution in [1.82, 2.24) is 20.7 Å². The van der Waals surface area contributed by atoms with E-state index in [9.17, 15) is 28.8 Å². The number of aldehydes is 1. The van der Waals surface area contributed by atoms with Gasteiger partial charge in [-0.1, -0.05) is 41.9 Å². The summed E-state index contributed by atoms with van der Waals surface area (Å²) >= 11 is 5.94. The van der Waals surface area contributed by atoms with Crippen molar-refractivity contribution in [3.63, 3.8) is 0 Å². The third-order valence-corrected chi connectivity index (χ3v) is 6.49. The molecule has 2 aliphatic carbocycles. The van der Waals surface area contributed by atoms with Crippen molar-refractivity contribution in [2.75, 3.05) is 6.54 Å². The van der Waals surface area contributed by atoms with Crippen molar-refractivity contribution >= 4 is 47.5 Å². The van der Waals surface area contributed by atoms with Gasteiger partial charge in [0, 0.05) is 24.1 Å². The highest BCUT2D eigenvalue weighted by atomic mass is 35.5. The van der Waals surface area contributed by atoms with E-state index < -0.39 is 54.1 Å². The molecule has 206 valence electrons. The Labute approximate surface area is 230 Å². The summed E-state index contributed by atoms with van der Waals surface area (Å²) in [6, 6.07) is 11.1. The van der Waals surface area contributed by atoms with Gasteiger partial charge in [-0.05, 0) is 49.1 Å². The lowest BCUT2D eigenvalue weighted by atomic mass is 9.95. The molecule has 0 aromatic heterocycles. The van der Waals surface area contributed by atoms with Gasteiger partial charge in [0.1, 0.15) is 18.4 Å². The normalized spacial score (nSPS) is 16.1. The molecule has 39 heavy (non-hydrogen) atoms. The van der Waals surface area contributed by atoms with Crippen molar-refractivity contribution in [2.45, 2.75) is 51.2 Å². The van der Waals surface area contributed by atoms with Crippen LogP contribution in [0.15, 0.2) is 48.5 Å². The Morgan fingerprint density at radius 3 is 2.26 bits per heavy atom. The number of aliphatic carboxylic acids is 1. The number of hydrogen-bond donors (Lipinski definition) is 3. The lowest BCUT2D eigenvalue weighted by Crippen LogP contribution is -2.58. The Hall–Kier alpha value is -4.25. The summed E-state index contributed by atoms with van der Waals surface area (Å²) in [5.41, 5.74) is 5.35. The largest absolute Gasteiger partial charge is 0.481 e. The van der Waals surface area contributed by atoms with E-state index in [1.807, 2.05) is 0 Å². The zero-order valence-corrected chi connectivity index (χ0v) is 22.2. The molecule has 1 saturated heterocycles. The fourth-order valence-electron chi connectivity index (χ4n) is 4.17. The van der Waals surface area contributed by atoms with Crippen LogP contribution in [0.4, 0.5) is 0 Å². The molecule has 12 heteroatoms. The monoisotopic (exact) mass is 556 g/mol. The molecule has 1 aliphatic heterocycles. The number of carboxylic acids is 1. The van der Waals surface area contributed by atoms with Crippen molar-refractivity contribution in [3.8, 4) is 11.1 Å². The quantitative estimate of drug-likeness (QED) is 0.283. The zero-order valence-electron chi connectivity index (χ0n) is 21.4. The molecule has 3 atom stereocenters. The van der Waals surface area contributed by atoms with Gasteiger partial charge in [0.05, 0.1) is 12.5 Å². The highest BCUT2D eigenvalue weighted by Gasteiger charge is 2.39.